The Hall–Kier alpha value is -1.84. The van der Waals surface area contributed by atoms with Gasteiger partial charge in [0.2, 0.25) is 5.91 Å². The summed E-state index contributed by atoms with van der Waals surface area (Å²) in [4.78, 5) is 25.8. The molecule has 2 aliphatic rings. The molecule has 1 aliphatic carbocycles. The van der Waals surface area contributed by atoms with E-state index in [-0.39, 0.29) is 17.6 Å². The molecule has 1 saturated carbocycles. The quantitative estimate of drug-likeness (QED) is 0.909. The molecular formula is C17H22N2O2. The highest BCUT2D eigenvalue weighted by molar-refractivity contribution is 5.94. The van der Waals surface area contributed by atoms with Gasteiger partial charge in [-0.05, 0) is 49.4 Å². The molecule has 1 N–H and O–H groups in total. The summed E-state index contributed by atoms with van der Waals surface area (Å²) in [6, 6.07) is 6.16. The highest BCUT2D eigenvalue weighted by Gasteiger charge is 2.25. The molecular weight excluding hydrogens is 264 g/mol. The average Bonchev–Trinajstić information content (AvgIpc) is 2.48. The number of aryl methyl sites for hydroxylation is 1. The van der Waals surface area contributed by atoms with Crippen LogP contribution in [0.2, 0.25) is 0 Å². The minimum atomic E-state index is -0.0126. The number of Topliss-reactive ketones (excluding diaryl/α,β-unsaturated/α-hetero) is 1. The summed E-state index contributed by atoms with van der Waals surface area (Å²) in [6.45, 7) is 1.09. The fourth-order valence-corrected chi connectivity index (χ4v) is 3.31. The van der Waals surface area contributed by atoms with Crippen LogP contribution in [0.25, 0.3) is 0 Å². The molecule has 21 heavy (non-hydrogen) atoms. The summed E-state index contributed by atoms with van der Waals surface area (Å²) in [5, 5.41) is 3.02. The van der Waals surface area contributed by atoms with Crippen molar-refractivity contribution in [3.8, 4) is 0 Å². The van der Waals surface area contributed by atoms with Crippen molar-refractivity contribution in [1.82, 2.24) is 0 Å². The van der Waals surface area contributed by atoms with Crippen LogP contribution in [0, 0.1) is 5.92 Å². The van der Waals surface area contributed by atoms with Gasteiger partial charge in [0.1, 0.15) is 5.78 Å². The predicted molar refractivity (Wildman–Crippen MR) is 83.6 cm³/mol. The van der Waals surface area contributed by atoms with Crippen molar-refractivity contribution in [1.29, 1.82) is 0 Å². The molecule has 0 unspecified atom stereocenters. The van der Waals surface area contributed by atoms with Gasteiger partial charge < -0.3 is 10.2 Å². The Balaban J connectivity index is 1.67. The lowest BCUT2D eigenvalue weighted by molar-refractivity contribution is -0.125. The molecule has 112 valence electrons. The van der Waals surface area contributed by atoms with Crippen LogP contribution in [0.15, 0.2) is 18.2 Å². The van der Waals surface area contributed by atoms with Crippen LogP contribution in [-0.4, -0.2) is 25.3 Å². The third-order valence-corrected chi connectivity index (χ3v) is 4.61. The number of rotatable bonds is 2. The highest BCUT2D eigenvalue weighted by Crippen LogP contribution is 2.29. The van der Waals surface area contributed by atoms with Gasteiger partial charge >= 0.3 is 0 Å². The van der Waals surface area contributed by atoms with Gasteiger partial charge in [0.15, 0.2) is 0 Å². The van der Waals surface area contributed by atoms with Crippen LogP contribution in [-0.2, 0) is 16.0 Å². The Morgan fingerprint density at radius 3 is 2.76 bits per heavy atom. The van der Waals surface area contributed by atoms with Gasteiger partial charge in [-0.1, -0.05) is 0 Å². The normalized spacial score (nSPS) is 19.3. The number of anilines is 2. The van der Waals surface area contributed by atoms with E-state index in [9.17, 15) is 9.59 Å². The lowest BCUT2D eigenvalue weighted by Gasteiger charge is -2.28. The zero-order valence-corrected chi connectivity index (χ0v) is 12.5. The van der Waals surface area contributed by atoms with Crippen molar-refractivity contribution in [2.75, 3.05) is 23.8 Å². The van der Waals surface area contributed by atoms with E-state index in [0.717, 1.165) is 25.1 Å². The predicted octanol–water partition coefficient (Wildman–Crippen LogP) is 2.77. The maximum atomic E-state index is 12.3. The molecule has 0 aromatic heterocycles. The van der Waals surface area contributed by atoms with Crippen molar-refractivity contribution in [3.63, 3.8) is 0 Å². The number of nitrogens with zero attached hydrogens (tertiary/aromatic N) is 1. The standard InChI is InChI=1S/C17H22N2O2/c1-19-10-2-3-13-11-14(6-9-16(13)19)18-17(21)12-4-7-15(20)8-5-12/h6,9,11-12H,2-5,7-8,10H2,1H3,(H,18,21). The first-order valence-corrected chi connectivity index (χ1v) is 7.80. The van der Waals surface area contributed by atoms with Crippen molar-refractivity contribution in [3.05, 3.63) is 23.8 Å². The topological polar surface area (TPSA) is 49.4 Å². The summed E-state index contributed by atoms with van der Waals surface area (Å²) in [7, 11) is 2.11. The molecule has 1 aromatic carbocycles. The molecule has 0 saturated heterocycles. The van der Waals surface area contributed by atoms with Crippen LogP contribution < -0.4 is 10.2 Å². The zero-order valence-electron chi connectivity index (χ0n) is 12.5. The van der Waals surface area contributed by atoms with Crippen LogP contribution in [0.3, 0.4) is 0 Å². The first kappa shape index (κ1) is 14.1. The molecule has 1 aliphatic heterocycles. The summed E-state index contributed by atoms with van der Waals surface area (Å²) < 4.78 is 0. The van der Waals surface area contributed by atoms with Crippen molar-refractivity contribution >= 4 is 23.1 Å². The maximum Gasteiger partial charge on any atom is 0.227 e. The minimum Gasteiger partial charge on any atom is -0.374 e. The number of ketones is 1. The summed E-state index contributed by atoms with van der Waals surface area (Å²) >= 11 is 0. The second-order valence-corrected chi connectivity index (χ2v) is 6.17. The number of benzene rings is 1. The lowest BCUT2D eigenvalue weighted by atomic mass is 9.88. The minimum absolute atomic E-state index is 0.0126. The van der Waals surface area contributed by atoms with Crippen molar-refractivity contribution in [2.24, 2.45) is 5.92 Å². The SMILES string of the molecule is CN1CCCc2cc(NC(=O)C3CCC(=O)CC3)ccc21. The molecule has 1 amide bonds. The second-order valence-electron chi connectivity index (χ2n) is 6.17. The van der Waals surface area contributed by atoms with Crippen LogP contribution in [0.1, 0.15) is 37.7 Å². The first-order valence-electron chi connectivity index (χ1n) is 7.80. The van der Waals surface area contributed by atoms with E-state index in [0.29, 0.717) is 25.7 Å². The molecule has 1 fully saturated rings. The fraction of sp³-hybridized carbons (Fsp3) is 0.529. The molecule has 0 radical (unpaired) electrons. The van der Waals surface area contributed by atoms with E-state index in [2.05, 4.69) is 29.4 Å². The Labute approximate surface area is 125 Å². The molecule has 1 heterocycles. The van der Waals surface area contributed by atoms with E-state index < -0.39 is 0 Å². The summed E-state index contributed by atoms with van der Waals surface area (Å²) in [6.07, 6.45) is 4.71. The van der Waals surface area contributed by atoms with Crippen molar-refractivity contribution < 1.29 is 9.59 Å². The molecule has 3 rings (SSSR count). The third-order valence-electron chi connectivity index (χ3n) is 4.61. The summed E-state index contributed by atoms with van der Waals surface area (Å²) in [5.74, 6) is 0.337. The van der Waals surface area contributed by atoms with Crippen LogP contribution in [0.5, 0.6) is 0 Å². The second kappa shape index (κ2) is 5.88. The van der Waals surface area contributed by atoms with Gasteiger partial charge in [0, 0.05) is 43.7 Å². The van der Waals surface area contributed by atoms with E-state index in [1.165, 1.54) is 11.3 Å². The fourth-order valence-electron chi connectivity index (χ4n) is 3.31. The van der Waals surface area contributed by atoms with Crippen LogP contribution in [0.4, 0.5) is 11.4 Å². The molecule has 0 atom stereocenters. The van der Waals surface area contributed by atoms with E-state index in [4.69, 9.17) is 0 Å². The first-order chi connectivity index (χ1) is 10.1. The average molecular weight is 286 g/mol. The third kappa shape index (κ3) is 3.09. The number of carbonyl (C=O) groups is 2. The highest BCUT2D eigenvalue weighted by atomic mass is 16.2. The Bertz CT molecular complexity index is 558. The zero-order chi connectivity index (χ0) is 14.8. The number of nitrogens with one attached hydrogen (secondary N) is 1. The van der Waals surface area contributed by atoms with E-state index >= 15 is 0 Å². The number of carbonyl (C=O) groups excluding carboxylic acids is 2. The molecule has 4 heteroatoms. The van der Waals surface area contributed by atoms with Crippen LogP contribution >= 0.6 is 0 Å². The largest absolute Gasteiger partial charge is 0.374 e. The van der Waals surface area contributed by atoms with Gasteiger partial charge in [-0.3, -0.25) is 9.59 Å². The Morgan fingerprint density at radius 2 is 2.00 bits per heavy atom. The molecule has 0 bridgehead atoms. The molecule has 0 spiro atoms. The summed E-state index contributed by atoms with van der Waals surface area (Å²) in [5.41, 5.74) is 3.45. The number of amides is 1. The number of fused-ring (bicyclic) bond motifs is 1. The lowest BCUT2D eigenvalue weighted by Crippen LogP contribution is -2.28. The smallest absolute Gasteiger partial charge is 0.227 e. The van der Waals surface area contributed by atoms with Crippen molar-refractivity contribution in [2.45, 2.75) is 38.5 Å². The molecule has 4 nitrogen and oxygen atoms in total. The number of hydrogen-bond donors (Lipinski definition) is 1. The Morgan fingerprint density at radius 1 is 1.24 bits per heavy atom. The van der Waals surface area contributed by atoms with E-state index in [1.54, 1.807) is 0 Å². The van der Waals surface area contributed by atoms with Gasteiger partial charge in [-0.15, -0.1) is 0 Å². The van der Waals surface area contributed by atoms with Gasteiger partial charge in [0.05, 0.1) is 0 Å². The Kier molecular flexibility index (Phi) is 3.95. The van der Waals surface area contributed by atoms with Gasteiger partial charge in [-0.25, -0.2) is 0 Å². The van der Waals surface area contributed by atoms with E-state index in [1.807, 2.05) is 6.07 Å². The number of hydrogen-bond acceptors (Lipinski definition) is 3. The monoisotopic (exact) mass is 286 g/mol. The maximum absolute atomic E-state index is 12.3. The van der Waals surface area contributed by atoms with Gasteiger partial charge in [-0.2, -0.15) is 0 Å². The molecule has 1 aromatic rings. The van der Waals surface area contributed by atoms with Gasteiger partial charge in [0.25, 0.3) is 0 Å².